The summed E-state index contributed by atoms with van der Waals surface area (Å²) in [6.45, 7) is 20.2. The number of rotatable bonds is 12. The van der Waals surface area contributed by atoms with Gasteiger partial charge in [0.1, 0.15) is 66.1 Å². The van der Waals surface area contributed by atoms with Gasteiger partial charge in [0.25, 0.3) is 0 Å². The number of aliphatic hydroxyl groups is 3. The van der Waals surface area contributed by atoms with E-state index in [1.165, 1.54) is 35.8 Å². The fourth-order valence-electron chi connectivity index (χ4n) is 11.8. The van der Waals surface area contributed by atoms with Crippen LogP contribution in [0.3, 0.4) is 0 Å². The molecule has 12 heterocycles. The fourth-order valence-corrected chi connectivity index (χ4v) is 11.8. The number of nitrogens with zero attached hydrogens (tertiary/aromatic N) is 5. The van der Waals surface area contributed by atoms with Crippen LogP contribution in [0.1, 0.15) is 111 Å². The van der Waals surface area contributed by atoms with Gasteiger partial charge in [-0.1, -0.05) is 65.0 Å². The number of esters is 2. The molecule has 0 spiro atoms. The van der Waals surface area contributed by atoms with E-state index in [1.54, 1.807) is 37.6 Å². The van der Waals surface area contributed by atoms with Gasteiger partial charge in [-0.25, -0.2) is 14.5 Å². The molecule has 0 saturated carbocycles. The number of aromatic nitrogens is 5. The quantitative estimate of drug-likeness (QED) is 0.133. The molecule has 1 aromatic carbocycles. The number of ether oxygens (including phenoxy) is 12. The van der Waals surface area contributed by atoms with Crippen LogP contribution in [-0.2, 0) is 66.4 Å². The van der Waals surface area contributed by atoms with Gasteiger partial charge in [-0.15, -0.1) is 0 Å². The fraction of sp³-hybridized carbons (Fsp3) is 0.685. The SMILES string of the molecule is CC[C@@]12CO[C@@H]([C@H](C)O1)[C@@H]2O.CC[C@@]12CO[C@@H]([C@H](CC(=O)c3ccccc3)O1)[C@@H]2O.CC[C@@]12CO[C@@H]([C@H](n3ccc(-n4cncn4)nc3=O)O1)[C@@H]2OC(C)=O.CC[C@@]12CO[C@@H]([CH-]O1)[C@@H]2O.CC[C@@]12CO[C@@H]([CH-]O1)[C@@H]2OC(C)=O.[U].[U]. The number of Topliss-reactive ketones (excluding diaryl/α,β-unsaturated/α-hetero) is 1. The molecule has 10 bridgehead atoms. The molecule has 10 aliphatic heterocycles. The molecule has 80 heavy (non-hydrogen) atoms. The molecule has 0 aliphatic carbocycles. The average Bonchev–Trinajstić information content (AvgIpc) is 4.56. The van der Waals surface area contributed by atoms with E-state index in [1.807, 2.05) is 59.7 Å². The Kier molecular flexibility index (Phi) is 21.8. The van der Waals surface area contributed by atoms with Crippen LogP contribution in [0, 0.1) is 75.4 Å². The minimum Gasteiger partial charge on any atom is -0.541 e. The number of ketones is 1. The number of carbonyl (C=O) groups excluding carboxylic acids is 3. The van der Waals surface area contributed by atoms with Gasteiger partial charge in [-0.2, -0.15) is 23.3 Å². The molecule has 10 aliphatic rings. The van der Waals surface area contributed by atoms with Crippen molar-refractivity contribution in [1.82, 2.24) is 24.3 Å². The van der Waals surface area contributed by atoms with Gasteiger partial charge in [0.2, 0.25) is 0 Å². The minimum atomic E-state index is -0.745. The van der Waals surface area contributed by atoms with Gasteiger partial charge in [-0.3, -0.25) is 19.0 Å². The van der Waals surface area contributed by atoms with E-state index in [0.29, 0.717) is 57.3 Å². The Hall–Kier alpha value is -2.57. The molecule has 0 radical (unpaired) electrons. The van der Waals surface area contributed by atoms with E-state index >= 15 is 0 Å². The van der Waals surface area contributed by atoms with E-state index in [0.717, 1.165) is 19.3 Å². The summed E-state index contributed by atoms with van der Waals surface area (Å²) in [5, 5.41) is 33.3. The first-order valence-electron chi connectivity index (χ1n) is 26.9. The Balaban J connectivity index is 0.000000150. The summed E-state index contributed by atoms with van der Waals surface area (Å²) in [5.41, 5.74) is -2.40. The number of hydrogen-bond donors (Lipinski definition) is 3. The predicted octanol–water partition coefficient (Wildman–Crippen LogP) is 2.46. The van der Waals surface area contributed by atoms with Crippen LogP contribution in [0.25, 0.3) is 5.82 Å². The predicted molar refractivity (Wildman–Crippen MR) is 268 cm³/mol. The van der Waals surface area contributed by atoms with Gasteiger partial charge in [0.05, 0.1) is 62.5 Å². The third-order valence-electron chi connectivity index (χ3n) is 16.7. The van der Waals surface area contributed by atoms with E-state index in [-0.39, 0.29) is 129 Å². The smallest absolute Gasteiger partial charge is 0.351 e. The van der Waals surface area contributed by atoms with Crippen LogP contribution in [-0.4, -0.2) is 192 Å². The van der Waals surface area contributed by atoms with Gasteiger partial charge in [-0.05, 0) is 57.3 Å². The first-order valence-corrected chi connectivity index (χ1v) is 26.9. The standard InChI is InChI=1S/C15H17N5O5.C15H18O4.C9H13O4.C8H14O3.C7H11O3.2U/c1-3-15-6-23-11(12(15)24-9(2)21)13(25-15)19-5-4-10(18-14(19)22)20-8-16-7-17-20;1-2-15-9-18-13(14(15)17)12(19-15)8-11(16)10-6-4-3-5-7-10;1-3-9-5-11-7(4-12-9)8(9)13-6(2)10;1-3-8-4-10-6(7(8)9)5(2)11-8;1-2-7-4-9-5(3-10-7)6(7)8;;/h4-5,7-8,11-13H,3,6H2,1-2H3;3-7,12-14,17H,2,8-9H2,1H3;4,7-8H,3,5H2,1-2H3;5-7,9H,3-4H2,1-2H3;3,5-6,8H,2,4H2,1H3;;/q;;-1;;-1;;/t11-,12+,13-,15+;12-,13-,14-,15-;7-,8-,9-;5-,6-,7-,8-;5-,6-,7-;;/m10000../s1. The second-order valence-corrected chi connectivity index (χ2v) is 21.2. The van der Waals surface area contributed by atoms with E-state index in [9.17, 15) is 34.5 Å². The number of aliphatic hydroxyl groups excluding tert-OH is 3. The van der Waals surface area contributed by atoms with Crippen molar-refractivity contribution in [1.29, 1.82) is 0 Å². The van der Waals surface area contributed by atoms with Crippen molar-refractivity contribution in [3.8, 4) is 5.82 Å². The molecule has 438 valence electrons. The van der Waals surface area contributed by atoms with Crippen LogP contribution >= 0.6 is 0 Å². The van der Waals surface area contributed by atoms with Crippen molar-refractivity contribution in [2.24, 2.45) is 0 Å². The van der Waals surface area contributed by atoms with Gasteiger partial charge >= 0.3 is 17.6 Å². The second-order valence-electron chi connectivity index (χ2n) is 21.2. The minimum absolute atomic E-state index is 0. The molecule has 10 saturated heterocycles. The number of fused-ring (bicyclic) bond motifs is 10. The normalized spacial score (nSPS) is 39.3. The summed E-state index contributed by atoms with van der Waals surface area (Å²) >= 11 is 0. The summed E-state index contributed by atoms with van der Waals surface area (Å²) in [5.74, 6) is -0.309. The zero-order valence-corrected chi connectivity index (χ0v) is 54.6. The van der Waals surface area contributed by atoms with Crippen molar-refractivity contribution in [3.05, 3.63) is 84.5 Å². The van der Waals surface area contributed by atoms with Crippen LogP contribution in [0.15, 0.2) is 60.0 Å². The largest absolute Gasteiger partial charge is 0.541 e. The van der Waals surface area contributed by atoms with Crippen molar-refractivity contribution in [3.63, 3.8) is 0 Å². The number of carbonyl (C=O) groups is 3. The Morgan fingerprint density at radius 1 is 0.662 bits per heavy atom. The van der Waals surface area contributed by atoms with Gasteiger partial charge in [0.15, 0.2) is 23.9 Å². The first-order chi connectivity index (χ1) is 37.4. The van der Waals surface area contributed by atoms with Crippen molar-refractivity contribution < 1.29 is 149 Å². The molecular formula is C54H73N5O19U2-2. The second kappa shape index (κ2) is 26.8. The maximum atomic E-state index is 12.5. The van der Waals surface area contributed by atoms with E-state index in [2.05, 4.69) is 15.1 Å². The topological polar surface area (TPSA) is 288 Å². The Labute approximate surface area is 511 Å². The Morgan fingerprint density at radius 3 is 1.69 bits per heavy atom. The molecule has 3 N–H and O–H groups in total. The van der Waals surface area contributed by atoms with E-state index < -0.39 is 70.8 Å². The Bertz CT molecular complexity index is 2610. The van der Waals surface area contributed by atoms with Crippen molar-refractivity contribution in [2.75, 3.05) is 33.0 Å². The van der Waals surface area contributed by atoms with Crippen LogP contribution < -0.4 is 5.69 Å². The molecule has 3 aromatic rings. The van der Waals surface area contributed by atoms with Crippen LogP contribution in [0.4, 0.5) is 0 Å². The molecule has 10 fully saturated rings. The zero-order valence-electron chi connectivity index (χ0n) is 46.2. The first kappa shape index (κ1) is 65.0. The van der Waals surface area contributed by atoms with Crippen LogP contribution in [0.5, 0.6) is 0 Å². The molecule has 13 rings (SSSR count). The number of benzene rings is 1. The third-order valence-corrected chi connectivity index (χ3v) is 16.7. The molecule has 2 aromatic heterocycles. The molecule has 18 atom stereocenters. The molecule has 0 unspecified atom stereocenters. The summed E-state index contributed by atoms with van der Waals surface area (Å²) in [6.07, 6.45) is 3.70. The van der Waals surface area contributed by atoms with E-state index in [4.69, 9.17) is 56.8 Å². The summed E-state index contributed by atoms with van der Waals surface area (Å²) in [4.78, 5) is 54.7. The molecular weight excluding hydrogens is 1500 g/mol. The van der Waals surface area contributed by atoms with Crippen LogP contribution in [0.2, 0.25) is 0 Å². The summed E-state index contributed by atoms with van der Waals surface area (Å²) in [6, 6.07) is 10.8. The average molecular weight is 1570 g/mol. The summed E-state index contributed by atoms with van der Waals surface area (Å²) in [7, 11) is 0. The maximum absolute atomic E-state index is 12.5. The molecule has 24 nitrogen and oxygen atoms in total. The molecule has 0 amide bonds. The maximum Gasteiger partial charge on any atom is 0.351 e. The van der Waals surface area contributed by atoms with Crippen molar-refractivity contribution in [2.45, 2.75) is 201 Å². The van der Waals surface area contributed by atoms with Gasteiger partial charge < -0.3 is 72.2 Å². The summed E-state index contributed by atoms with van der Waals surface area (Å²) < 4.78 is 69.1. The Morgan fingerprint density at radius 2 is 1.21 bits per heavy atom. The monoisotopic (exact) mass is 1570 g/mol. The van der Waals surface area contributed by atoms with Gasteiger partial charge in [0, 0.05) is 94.3 Å². The zero-order chi connectivity index (χ0) is 55.8. The number of hydrogen-bond acceptors (Lipinski definition) is 22. The molecule has 26 heteroatoms. The van der Waals surface area contributed by atoms with Crippen molar-refractivity contribution >= 4 is 17.7 Å². The third kappa shape index (κ3) is 12.4.